The number of amides is 3. The molecule has 8 nitrogen and oxygen atoms in total. The van der Waals surface area contributed by atoms with Crippen molar-refractivity contribution in [1.82, 2.24) is 10.3 Å². The summed E-state index contributed by atoms with van der Waals surface area (Å²) in [5, 5.41) is 15.6. The van der Waals surface area contributed by atoms with Gasteiger partial charge in [-0.3, -0.25) is 20.2 Å². The first-order valence-electron chi connectivity index (χ1n) is 7.28. The van der Waals surface area contributed by atoms with Crippen LogP contribution in [0, 0.1) is 10.1 Å². The lowest BCUT2D eigenvalue weighted by Gasteiger charge is -2.07. The second kappa shape index (κ2) is 7.50. The quantitative estimate of drug-likeness (QED) is 0.398. The molecule has 2 aromatic carbocycles. The maximum atomic E-state index is 12.1. The van der Waals surface area contributed by atoms with Gasteiger partial charge in [-0.05, 0) is 30.5 Å². The number of nitro benzene ring substituents is 1. The number of aromatic nitrogens is 1. The number of nitro groups is 1. The lowest BCUT2D eigenvalue weighted by molar-refractivity contribution is -0.385. The summed E-state index contributed by atoms with van der Waals surface area (Å²) < 4.78 is 1.81. The van der Waals surface area contributed by atoms with E-state index in [0.29, 0.717) is 5.69 Å². The molecule has 0 saturated carbocycles. The van der Waals surface area contributed by atoms with Crippen molar-refractivity contribution in [3.8, 4) is 0 Å². The minimum atomic E-state index is -0.849. The second-order valence-corrected chi connectivity index (χ2v) is 7.13. The number of thioether (sulfide) groups is 1. The van der Waals surface area contributed by atoms with Crippen molar-refractivity contribution in [1.29, 1.82) is 0 Å². The van der Waals surface area contributed by atoms with Crippen LogP contribution in [0.1, 0.15) is 10.4 Å². The molecule has 0 unspecified atom stereocenters. The number of hydrogen-bond donors (Lipinski definition) is 2. The number of benzene rings is 2. The highest BCUT2D eigenvalue weighted by Gasteiger charge is 2.20. The molecule has 0 aliphatic heterocycles. The van der Waals surface area contributed by atoms with Crippen molar-refractivity contribution in [2.24, 2.45) is 0 Å². The van der Waals surface area contributed by atoms with E-state index in [0.717, 1.165) is 14.6 Å². The summed E-state index contributed by atoms with van der Waals surface area (Å²) in [6.07, 6.45) is 1.93. The van der Waals surface area contributed by atoms with Gasteiger partial charge in [0.1, 0.15) is 5.56 Å². The van der Waals surface area contributed by atoms with E-state index in [4.69, 9.17) is 0 Å². The first kappa shape index (κ1) is 17.8. The van der Waals surface area contributed by atoms with Crippen LogP contribution in [0.25, 0.3) is 10.2 Å². The number of carbonyl (C=O) groups excluding carboxylic acids is 2. The molecule has 3 rings (SSSR count). The van der Waals surface area contributed by atoms with E-state index >= 15 is 0 Å². The molecule has 0 atom stereocenters. The highest BCUT2D eigenvalue weighted by atomic mass is 32.2. The van der Waals surface area contributed by atoms with Crippen LogP contribution in [0.3, 0.4) is 0 Å². The van der Waals surface area contributed by atoms with Gasteiger partial charge in [0.15, 0.2) is 4.34 Å². The third-order valence-electron chi connectivity index (χ3n) is 3.37. The lowest BCUT2D eigenvalue weighted by Crippen LogP contribution is -2.34. The Morgan fingerprint density at radius 1 is 1.23 bits per heavy atom. The van der Waals surface area contributed by atoms with Gasteiger partial charge in [0.2, 0.25) is 0 Å². The maximum Gasteiger partial charge on any atom is 0.326 e. The van der Waals surface area contributed by atoms with Gasteiger partial charge in [0, 0.05) is 11.8 Å². The number of nitrogens with one attached hydrogen (secondary N) is 2. The molecule has 0 fully saturated rings. The van der Waals surface area contributed by atoms with Crippen LogP contribution in [-0.4, -0.2) is 28.1 Å². The standard InChI is InChI=1S/C16H12N4O4S2/c1-25-16-18-11-7-6-9(8-13(11)26-16)17-15(22)19-14(21)10-4-2-3-5-12(10)20(23)24/h2-8H,1H3,(H2,17,19,21,22). The van der Waals surface area contributed by atoms with E-state index in [-0.39, 0.29) is 11.3 Å². The van der Waals surface area contributed by atoms with Crippen molar-refractivity contribution in [3.05, 3.63) is 58.1 Å². The van der Waals surface area contributed by atoms with E-state index in [1.54, 1.807) is 18.2 Å². The maximum absolute atomic E-state index is 12.1. The number of rotatable bonds is 4. The number of nitrogens with zero attached hydrogens (tertiary/aromatic N) is 2. The van der Waals surface area contributed by atoms with Crippen LogP contribution in [0.2, 0.25) is 0 Å². The number of hydrogen-bond acceptors (Lipinski definition) is 7. The molecule has 2 N–H and O–H groups in total. The summed E-state index contributed by atoms with van der Waals surface area (Å²) in [4.78, 5) is 38.9. The largest absolute Gasteiger partial charge is 0.326 e. The van der Waals surface area contributed by atoms with Gasteiger partial charge in [-0.1, -0.05) is 23.9 Å². The van der Waals surface area contributed by atoms with Crippen LogP contribution in [0.15, 0.2) is 46.8 Å². The molecule has 0 bridgehead atoms. The third-order valence-corrected chi connectivity index (χ3v) is 5.38. The average molecular weight is 388 g/mol. The Morgan fingerprint density at radius 3 is 2.73 bits per heavy atom. The van der Waals surface area contributed by atoms with Crippen molar-refractivity contribution in [3.63, 3.8) is 0 Å². The van der Waals surface area contributed by atoms with Gasteiger partial charge in [-0.25, -0.2) is 9.78 Å². The number of carbonyl (C=O) groups is 2. The fourth-order valence-electron chi connectivity index (χ4n) is 2.23. The molecule has 1 heterocycles. The zero-order chi connectivity index (χ0) is 18.7. The molecule has 3 amide bonds. The number of para-hydroxylation sites is 1. The number of urea groups is 1. The first-order chi connectivity index (χ1) is 12.5. The highest BCUT2D eigenvalue weighted by Crippen LogP contribution is 2.29. The predicted molar refractivity (Wildman–Crippen MR) is 101 cm³/mol. The zero-order valence-electron chi connectivity index (χ0n) is 13.4. The van der Waals surface area contributed by atoms with Crippen LogP contribution in [0.4, 0.5) is 16.2 Å². The fourth-order valence-corrected chi connectivity index (χ4v) is 3.75. The minimum absolute atomic E-state index is 0.185. The van der Waals surface area contributed by atoms with Gasteiger partial charge in [0.05, 0.1) is 15.1 Å². The van der Waals surface area contributed by atoms with E-state index in [1.165, 1.54) is 47.4 Å². The Labute approximate surface area is 155 Å². The fraction of sp³-hybridized carbons (Fsp3) is 0.0625. The predicted octanol–water partition coefficient (Wildman–Crippen LogP) is 3.89. The summed E-state index contributed by atoms with van der Waals surface area (Å²) in [6, 6.07) is 9.83. The molecular weight excluding hydrogens is 376 g/mol. The summed E-state index contributed by atoms with van der Waals surface area (Å²) in [7, 11) is 0. The van der Waals surface area contributed by atoms with Crippen LogP contribution in [0.5, 0.6) is 0 Å². The molecule has 26 heavy (non-hydrogen) atoms. The zero-order valence-corrected chi connectivity index (χ0v) is 15.0. The molecule has 0 aliphatic carbocycles. The van der Waals surface area contributed by atoms with Gasteiger partial charge < -0.3 is 5.32 Å². The normalized spacial score (nSPS) is 10.5. The van der Waals surface area contributed by atoms with Crippen molar-refractivity contribution < 1.29 is 14.5 Å². The Kier molecular flexibility index (Phi) is 5.14. The number of anilines is 1. The smallest absolute Gasteiger partial charge is 0.308 e. The van der Waals surface area contributed by atoms with Gasteiger partial charge in [-0.15, -0.1) is 11.3 Å². The Balaban J connectivity index is 1.72. The molecule has 10 heteroatoms. The number of thiazole rings is 1. The number of imide groups is 1. The summed E-state index contributed by atoms with van der Waals surface area (Å²) in [6.45, 7) is 0. The van der Waals surface area contributed by atoms with E-state index in [2.05, 4.69) is 15.6 Å². The van der Waals surface area contributed by atoms with Gasteiger partial charge in [-0.2, -0.15) is 0 Å². The molecule has 0 spiro atoms. The van der Waals surface area contributed by atoms with Crippen molar-refractivity contribution in [2.45, 2.75) is 4.34 Å². The molecule has 1 aromatic heterocycles. The first-order valence-corrected chi connectivity index (χ1v) is 9.32. The van der Waals surface area contributed by atoms with E-state index in [9.17, 15) is 19.7 Å². The summed E-state index contributed by atoms with van der Waals surface area (Å²) in [5.41, 5.74) is 0.756. The van der Waals surface area contributed by atoms with Crippen molar-refractivity contribution in [2.75, 3.05) is 11.6 Å². The minimum Gasteiger partial charge on any atom is -0.308 e. The van der Waals surface area contributed by atoms with E-state index in [1.807, 2.05) is 6.26 Å². The topological polar surface area (TPSA) is 114 Å². The lowest BCUT2D eigenvalue weighted by atomic mass is 10.1. The number of fused-ring (bicyclic) bond motifs is 1. The second-order valence-electron chi connectivity index (χ2n) is 5.05. The van der Waals surface area contributed by atoms with Crippen molar-refractivity contribution >= 4 is 56.6 Å². The summed E-state index contributed by atoms with van der Waals surface area (Å²) >= 11 is 3.02. The van der Waals surface area contributed by atoms with Crippen LogP contribution < -0.4 is 10.6 Å². The van der Waals surface area contributed by atoms with Gasteiger partial charge >= 0.3 is 6.03 Å². The highest BCUT2D eigenvalue weighted by molar-refractivity contribution is 8.00. The third kappa shape index (κ3) is 3.81. The van der Waals surface area contributed by atoms with Gasteiger partial charge in [0.25, 0.3) is 11.6 Å². The Morgan fingerprint density at radius 2 is 2.00 bits per heavy atom. The molecule has 0 saturated heterocycles. The molecule has 0 aliphatic rings. The molecule has 3 aromatic rings. The Bertz CT molecular complexity index is 1020. The molecular formula is C16H12N4O4S2. The monoisotopic (exact) mass is 388 g/mol. The van der Waals surface area contributed by atoms with E-state index < -0.39 is 16.9 Å². The van der Waals surface area contributed by atoms with Crippen LogP contribution in [-0.2, 0) is 0 Å². The summed E-state index contributed by atoms with van der Waals surface area (Å²) in [5.74, 6) is -0.849. The molecule has 0 radical (unpaired) electrons. The Hall–Kier alpha value is -2.98. The average Bonchev–Trinajstić information content (AvgIpc) is 3.04. The molecule has 132 valence electrons. The van der Waals surface area contributed by atoms with Crippen LogP contribution >= 0.6 is 23.1 Å². The SMILES string of the molecule is CSc1nc2ccc(NC(=O)NC(=O)c3ccccc3[N+](=O)[O-])cc2s1.